The highest BCUT2D eigenvalue weighted by atomic mass is 35.5. The van der Waals surface area contributed by atoms with Gasteiger partial charge in [0.1, 0.15) is 18.1 Å². The van der Waals surface area contributed by atoms with Crippen LogP contribution in [-0.4, -0.2) is 5.78 Å². The first-order chi connectivity index (χ1) is 10.1. The van der Waals surface area contributed by atoms with E-state index in [2.05, 4.69) is 0 Å². The van der Waals surface area contributed by atoms with E-state index in [9.17, 15) is 4.79 Å². The van der Waals surface area contributed by atoms with Crippen molar-refractivity contribution in [3.63, 3.8) is 0 Å². The molecule has 4 heteroatoms. The van der Waals surface area contributed by atoms with Crippen LogP contribution in [-0.2, 0) is 17.8 Å². The van der Waals surface area contributed by atoms with Gasteiger partial charge in [-0.3, -0.25) is 4.79 Å². The highest BCUT2D eigenvalue weighted by Crippen LogP contribution is 2.20. The van der Waals surface area contributed by atoms with Crippen molar-refractivity contribution in [3.8, 4) is 11.8 Å². The van der Waals surface area contributed by atoms with Gasteiger partial charge in [-0.2, -0.15) is 5.26 Å². The minimum atomic E-state index is 0.132. The normalized spacial score (nSPS) is 9.95. The van der Waals surface area contributed by atoms with Crippen LogP contribution in [0, 0.1) is 11.3 Å². The van der Waals surface area contributed by atoms with Crippen LogP contribution in [0.25, 0.3) is 0 Å². The maximum Gasteiger partial charge on any atom is 0.134 e. The van der Waals surface area contributed by atoms with Crippen molar-refractivity contribution < 1.29 is 9.53 Å². The zero-order valence-corrected chi connectivity index (χ0v) is 12.4. The van der Waals surface area contributed by atoms with E-state index < -0.39 is 0 Å². The first-order valence-electron chi connectivity index (χ1n) is 6.48. The molecule has 21 heavy (non-hydrogen) atoms. The standard InChI is InChI=1S/C17H14ClNO2/c1-12(20)8-13-3-6-16(7-4-13)21-11-15-5-2-14(10-19)9-17(15)18/h2-7,9H,8,11H2,1H3. The SMILES string of the molecule is CC(=O)Cc1ccc(OCc2ccc(C#N)cc2Cl)cc1. The average molecular weight is 300 g/mol. The highest BCUT2D eigenvalue weighted by molar-refractivity contribution is 6.31. The molecule has 0 fully saturated rings. The molecule has 0 aromatic heterocycles. The predicted molar refractivity (Wildman–Crippen MR) is 81.3 cm³/mol. The molecule has 0 aliphatic heterocycles. The number of hydrogen-bond donors (Lipinski definition) is 0. The fourth-order valence-electron chi connectivity index (χ4n) is 1.89. The van der Waals surface area contributed by atoms with Crippen LogP contribution in [0.1, 0.15) is 23.6 Å². The Labute approximate surface area is 128 Å². The second kappa shape index (κ2) is 6.92. The van der Waals surface area contributed by atoms with Crippen LogP contribution in [0.3, 0.4) is 0 Å². The summed E-state index contributed by atoms with van der Waals surface area (Å²) in [5.41, 5.74) is 2.31. The highest BCUT2D eigenvalue weighted by Gasteiger charge is 2.04. The molecule has 0 aliphatic rings. The number of benzene rings is 2. The Morgan fingerprint density at radius 1 is 1.24 bits per heavy atom. The van der Waals surface area contributed by atoms with E-state index >= 15 is 0 Å². The number of halogens is 1. The third kappa shape index (κ3) is 4.34. The summed E-state index contributed by atoms with van der Waals surface area (Å²) in [6, 6.07) is 14.6. The van der Waals surface area contributed by atoms with Crippen LogP contribution in [0.4, 0.5) is 0 Å². The largest absolute Gasteiger partial charge is 0.489 e. The summed E-state index contributed by atoms with van der Waals surface area (Å²) in [7, 11) is 0. The van der Waals surface area contributed by atoms with E-state index in [1.54, 1.807) is 25.1 Å². The molecule has 2 rings (SSSR count). The summed E-state index contributed by atoms with van der Waals surface area (Å²) in [6.07, 6.45) is 0.432. The molecule has 0 saturated carbocycles. The molecule has 2 aromatic carbocycles. The molecule has 0 amide bonds. The Bertz CT molecular complexity index is 687. The zero-order chi connectivity index (χ0) is 15.2. The number of nitriles is 1. The Balaban J connectivity index is 2.00. The third-order valence-electron chi connectivity index (χ3n) is 2.95. The molecule has 0 saturated heterocycles. The average Bonchev–Trinajstić information content (AvgIpc) is 2.47. The van der Waals surface area contributed by atoms with Gasteiger partial charge in [-0.05, 0) is 36.8 Å². The van der Waals surface area contributed by atoms with Gasteiger partial charge in [-0.25, -0.2) is 0 Å². The fourth-order valence-corrected chi connectivity index (χ4v) is 2.12. The Morgan fingerprint density at radius 2 is 1.95 bits per heavy atom. The van der Waals surface area contributed by atoms with E-state index in [1.807, 2.05) is 30.3 Å². The molecular formula is C17H14ClNO2. The summed E-state index contributed by atoms with van der Waals surface area (Å²) in [4.78, 5) is 11.0. The second-order valence-electron chi connectivity index (χ2n) is 4.73. The lowest BCUT2D eigenvalue weighted by atomic mass is 10.1. The lowest BCUT2D eigenvalue weighted by Gasteiger charge is -2.08. The smallest absolute Gasteiger partial charge is 0.134 e. The van der Waals surface area contributed by atoms with Gasteiger partial charge in [-0.1, -0.05) is 29.8 Å². The summed E-state index contributed by atoms with van der Waals surface area (Å²) in [5, 5.41) is 9.30. The van der Waals surface area contributed by atoms with E-state index in [-0.39, 0.29) is 5.78 Å². The number of carbonyl (C=O) groups is 1. The Hall–Kier alpha value is -2.31. The number of nitrogens with zero attached hydrogens (tertiary/aromatic N) is 1. The molecule has 0 spiro atoms. The van der Waals surface area contributed by atoms with Gasteiger partial charge >= 0.3 is 0 Å². The minimum absolute atomic E-state index is 0.132. The fraction of sp³-hybridized carbons (Fsp3) is 0.176. The quantitative estimate of drug-likeness (QED) is 0.840. The third-order valence-corrected chi connectivity index (χ3v) is 3.30. The van der Waals surface area contributed by atoms with Crippen molar-refractivity contribution in [1.29, 1.82) is 5.26 Å². The van der Waals surface area contributed by atoms with E-state index in [0.717, 1.165) is 11.1 Å². The van der Waals surface area contributed by atoms with E-state index in [1.165, 1.54) is 0 Å². The first-order valence-corrected chi connectivity index (χ1v) is 6.86. The lowest BCUT2D eigenvalue weighted by molar-refractivity contribution is -0.116. The van der Waals surface area contributed by atoms with Gasteiger partial charge in [0.2, 0.25) is 0 Å². The van der Waals surface area contributed by atoms with Crippen molar-refractivity contribution in [3.05, 3.63) is 64.2 Å². The van der Waals surface area contributed by atoms with Crippen molar-refractivity contribution in [2.24, 2.45) is 0 Å². The molecule has 0 N–H and O–H groups in total. The van der Waals surface area contributed by atoms with Crippen molar-refractivity contribution >= 4 is 17.4 Å². The minimum Gasteiger partial charge on any atom is -0.489 e. The molecule has 0 heterocycles. The summed E-state index contributed by atoms with van der Waals surface area (Å²) >= 11 is 6.09. The topological polar surface area (TPSA) is 50.1 Å². The monoisotopic (exact) mass is 299 g/mol. The molecule has 0 radical (unpaired) electrons. The van der Waals surface area contributed by atoms with Crippen molar-refractivity contribution in [2.75, 3.05) is 0 Å². The summed E-state index contributed by atoms with van der Waals surface area (Å²) in [6.45, 7) is 1.90. The van der Waals surface area contributed by atoms with Crippen molar-refractivity contribution in [2.45, 2.75) is 20.0 Å². The van der Waals surface area contributed by atoms with Crippen LogP contribution in [0.15, 0.2) is 42.5 Å². The van der Waals surface area contributed by atoms with Gasteiger partial charge < -0.3 is 4.74 Å². The second-order valence-corrected chi connectivity index (χ2v) is 5.14. The maximum absolute atomic E-state index is 11.0. The van der Waals surface area contributed by atoms with Crippen LogP contribution in [0.2, 0.25) is 5.02 Å². The molecule has 3 nitrogen and oxygen atoms in total. The predicted octanol–water partition coefficient (Wildman–Crippen LogP) is 3.92. The molecule has 2 aromatic rings. The van der Waals surface area contributed by atoms with Crippen LogP contribution < -0.4 is 4.74 Å². The van der Waals surface area contributed by atoms with E-state index in [4.69, 9.17) is 21.6 Å². The molecule has 0 bridgehead atoms. The zero-order valence-electron chi connectivity index (χ0n) is 11.6. The number of Topliss-reactive ketones (excluding diaryl/α,β-unsaturated/α-hetero) is 1. The van der Waals surface area contributed by atoms with Gasteiger partial charge in [0.05, 0.1) is 11.6 Å². The maximum atomic E-state index is 11.0. The number of carbonyl (C=O) groups excluding carboxylic acids is 1. The molecule has 106 valence electrons. The molecule has 0 atom stereocenters. The van der Waals surface area contributed by atoms with Gasteiger partial charge in [-0.15, -0.1) is 0 Å². The van der Waals surface area contributed by atoms with Gasteiger partial charge in [0.25, 0.3) is 0 Å². The Morgan fingerprint density at radius 3 is 2.52 bits per heavy atom. The summed E-state index contributed by atoms with van der Waals surface area (Å²) < 4.78 is 5.65. The Kier molecular flexibility index (Phi) is 4.97. The molecule has 0 unspecified atom stereocenters. The number of hydrogen-bond acceptors (Lipinski definition) is 3. The van der Waals surface area contributed by atoms with Gasteiger partial charge in [0, 0.05) is 17.0 Å². The summed E-state index contributed by atoms with van der Waals surface area (Å²) in [5.74, 6) is 0.843. The molecular weight excluding hydrogens is 286 g/mol. The number of ketones is 1. The number of rotatable bonds is 5. The number of ether oxygens (including phenoxy) is 1. The van der Waals surface area contributed by atoms with Gasteiger partial charge in [0.15, 0.2) is 0 Å². The van der Waals surface area contributed by atoms with Crippen LogP contribution in [0.5, 0.6) is 5.75 Å². The first kappa shape index (κ1) is 15.1. The lowest BCUT2D eigenvalue weighted by Crippen LogP contribution is -1.98. The van der Waals surface area contributed by atoms with Crippen LogP contribution >= 0.6 is 11.6 Å². The van der Waals surface area contributed by atoms with Crippen molar-refractivity contribution in [1.82, 2.24) is 0 Å². The molecule has 0 aliphatic carbocycles. The van der Waals surface area contributed by atoms with E-state index in [0.29, 0.717) is 29.4 Å².